The van der Waals surface area contributed by atoms with Crippen molar-refractivity contribution in [1.29, 1.82) is 0 Å². The Bertz CT molecular complexity index is 914. The van der Waals surface area contributed by atoms with Gasteiger partial charge in [0.25, 0.3) is 11.5 Å². The molecule has 0 aliphatic rings. The van der Waals surface area contributed by atoms with Gasteiger partial charge in [-0.3, -0.25) is 9.59 Å². The van der Waals surface area contributed by atoms with Gasteiger partial charge in [-0.25, -0.2) is 14.3 Å². The molecule has 3 rings (SSSR count). The Labute approximate surface area is 110 Å². The van der Waals surface area contributed by atoms with E-state index in [0.29, 0.717) is 5.69 Å². The van der Waals surface area contributed by atoms with E-state index in [0.717, 1.165) is 17.0 Å². The highest BCUT2D eigenvalue weighted by molar-refractivity contribution is 5.99. The number of aromatic nitrogens is 3. The Morgan fingerprint density at radius 1 is 1.35 bits per heavy atom. The SMILES string of the molecule is Nc1ccc2oc(=O)n(C(=O)c3c[nH]c(=O)cn3)c2c1. The Balaban J connectivity index is 2.23. The first-order valence-corrected chi connectivity index (χ1v) is 5.57. The van der Waals surface area contributed by atoms with Gasteiger partial charge in [-0.2, -0.15) is 0 Å². The van der Waals surface area contributed by atoms with Crippen LogP contribution in [0.1, 0.15) is 10.5 Å². The van der Waals surface area contributed by atoms with Crippen molar-refractivity contribution in [2.75, 3.05) is 5.73 Å². The molecule has 2 aromatic heterocycles. The molecule has 0 aliphatic heterocycles. The number of hydrogen-bond acceptors (Lipinski definition) is 6. The number of nitrogens with one attached hydrogen (secondary N) is 1. The molecule has 0 radical (unpaired) electrons. The molecule has 0 unspecified atom stereocenters. The molecule has 3 N–H and O–H groups in total. The van der Waals surface area contributed by atoms with Crippen molar-refractivity contribution < 1.29 is 9.21 Å². The Kier molecular flexibility index (Phi) is 2.50. The molecule has 100 valence electrons. The summed E-state index contributed by atoms with van der Waals surface area (Å²) in [6.07, 6.45) is 2.08. The van der Waals surface area contributed by atoms with Crippen LogP contribution in [0.2, 0.25) is 0 Å². The molecule has 0 amide bonds. The second-order valence-corrected chi connectivity index (χ2v) is 4.03. The van der Waals surface area contributed by atoms with Gasteiger partial charge in [-0.05, 0) is 18.2 Å². The molecule has 0 bridgehead atoms. The van der Waals surface area contributed by atoms with Gasteiger partial charge in [-0.15, -0.1) is 0 Å². The van der Waals surface area contributed by atoms with Gasteiger partial charge in [0.15, 0.2) is 5.58 Å². The third-order valence-corrected chi connectivity index (χ3v) is 2.70. The van der Waals surface area contributed by atoms with Crippen molar-refractivity contribution in [3.63, 3.8) is 0 Å². The summed E-state index contributed by atoms with van der Waals surface area (Å²) in [5.41, 5.74) is 5.96. The summed E-state index contributed by atoms with van der Waals surface area (Å²) in [6.45, 7) is 0. The molecule has 0 atom stereocenters. The molecule has 0 aliphatic carbocycles. The van der Waals surface area contributed by atoms with Gasteiger partial charge in [0.05, 0.1) is 6.20 Å². The first-order chi connectivity index (χ1) is 9.56. The van der Waals surface area contributed by atoms with E-state index >= 15 is 0 Å². The number of nitrogens with two attached hydrogens (primary N) is 1. The standard InChI is InChI=1S/C12H8N4O4/c13-6-1-2-9-8(3-6)16(12(19)20-9)11(18)7-4-15-10(17)5-14-7/h1-5H,13H2,(H,15,17). The number of benzene rings is 1. The van der Waals surface area contributed by atoms with E-state index in [1.54, 1.807) is 6.07 Å². The Morgan fingerprint density at radius 3 is 2.85 bits per heavy atom. The van der Waals surface area contributed by atoms with Crippen LogP contribution in [0.15, 0.2) is 44.6 Å². The van der Waals surface area contributed by atoms with Crippen LogP contribution in [0, 0.1) is 0 Å². The molecule has 0 spiro atoms. The highest BCUT2D eigenvalue weighted by atomic mass is 16.4. The number of fused-ring (bicyclic) bond motifs is 1. The maximum atomic E-state index is 12.2. The first kappa shape index (κ1) is 11.9. The lowest BCUT2D eigenvalue weighted by Gasteiger charge is -2.00. The highest BCUT2D eigenvalue weighted by Crippen LogP contribution is 2.16. The average molecular weight is 272 g/mol. The number of nitrogen functional groups attached to an aromatic ring is 1. The minimum absolute atomic E-state index is 0.0863. The summed E-state index contributed by atoms with van der Waals surface area (Å²) < 4.78 is 5.76. The molecule has 8 heteroatoms. The predicted octanol–water partition coefficient (Wildman–Crippen LogP) is -0.0515. The number of hydrogen-bond donors (Lipinski definition) is 2. The number of nitrogens with zero attached hydrogens (tertiary/aromatic N) is 2. The van der Waals surface area contributed by atoms with E-state index in [-0.39, 0.29) is 16.8 Å². The zero-order chi connectivity index (χ0) is 14.3. The quantitative estimate of drug-likeness (QED) is 0.598. The summed E-state index contributed by atoms with van der Waals surface area (Å²) in [5.74, 6) is -1.56. The zero-order valence-corrected chi connectivity index (χ0v) is 9.99. The fraction of sp³-hybridized carbons (Fsp3) is 0. The van der Waals surface area contributed by atoms with E-state index < -0.39 is 17.2 Å². The molecule has 8 nitrogen and oxygen atoms in total. The van der Waals surface area contributed by atoms with Crippen molar-refractivity contribution in [2.24, 2.45) is 0 Å². The van der Waals surface area contributed by atoms with Crippen molar-refractivity contribution >= 4 is 22.7 Å². The molecular formula is C12H8N4O4. The van der Waals surface area contributed by atoms with E-state index in [2.05, 4.69) is 9.97 Å². The predicted molar refractivity (Wildman–Crippen MR) is 69.5 cm³/mol. The monoisotopic (exact) mass is 272 g/mol. The average Bonchev–Trinajstić information content (AvgIpc) is 2.74. The first-order valence-electron chi connectivity index (χ1n) is 5.57. The van der Waals surface area contributed by atoms with Crippen LogP contribution in [-0.4, -0.2) is 20.4 Å². The van der Waals surface area contributed by atoms with Gasteiger partial charge in [0, 0.05) is 11.9 Å². The normalized spacial score (nSPS) is 10.8. The number of carbonyl (C=O) groups excluding carboxylic acids is 1. The number of H-pyrrole nitrogens is 1. The summed E-state index contributed by atoms with van der Waals surface area (Å²) in [6, 6.07) is 4.50. The highest BCUT2D eigenvalue weighted by Gasteiger charge is 2.19. The zero-order valence-electron chi connectivity index (χ0n) is 9.99. The molecule has 1 aromatic carbocycles. The fourth-order valence-corrected chi connectivity index (χ4v) is 1.80. The molecular weight excluding hydrogens is 264 g/mol. The molecule has 0 saturated carbocycles. The van der Waals surface area contributed by atoms with Crippen LogP contribution >= 0.6 is 0 Å². The number of anilines is 1. The fourth-order valence-electron chi connectivity index (χ4n) is 1.80. The maximum absolute atomic E-state index is 12.2. The number of oxazole rings is 1. The van der Waals surface area contributed by atoms with Crippen LogP contribution in [0.4, 0.5) is 5.69 Å². The van der Waals surface area contributed by atoms with Crippen molar-refractivity contribution in [1.82, 2.24) is 14.5 Å². The minimum atomic E-state index is -0.844. The van der Waals surface area contributed by atoms with Crippen molar-refractivity contribution in [3.8, 4) is 0 Å². The van der Waals surface area contributed by atoms with Crippen LogP contribution in [-0.2, 0) is 0 Å². The van der Waals surface area contributed by atoms with Gasteiger partial charge in [0.1, 0.15) is 11.2 Å². The molecule has 0 saturated heterocycles. The van der Waals surface area contributed by atoms with E-state index in [9.17, 15) is 14.4 Å². The third-order valence-electron chi connectivity index (χ3n) is 2.70. The second kappa shape index (κ2) is 4.19. The van der Waals surface area contributed by atoms with Crippen LogP contribution in [0.25, 0.3) is 11.1 Å². The lowest BCUT2D eigenvalue weighted by atomic mass is 10.3. The molecule has 2 heterocycles. The van der Waals surface area contributed by atoms with Gasteiger partial charge in [0.2, 0.25) is 0 Å². The summed E-state index contributed by atoms with van der Waals surface area (Å²) in [4.78, 5) is 40.9. The third kappa shape index (κ3) is 1.79. The van der Waals surface area contributed by atoms with Crippen LogP contribution in [0.5, 0.6) is 0 Å². The van der Waals surface area contributed by atoms with Crippen LogP contribution in [0.3, 0.4) is 0 Å². The second-order valence-electron chi connectivity index (χ2n) is 4.03. The Hall–Kier alpha value is -3.16. The number of rotatable bonds is 1. The van der Waals surface area contributed by atoms with E-state index in [4.69, 9.17) is 10.2 Å². The lowest BCUT2D eigenvalue weighted by Crippen LogP contribution is -2.25. The lowest BCUT2D eigenvalue weighted by molar-refractivity contribution is 0.0951. The van der Waals surface area contributed by atoms with Crippen molar-refractivity contribution in [3.05, 3.63) is 57.2 Å². The molecule has 3 aromatic rings. The topological polar surface area (TPSA) is 124 Å². The maximum Gasteiger partial charge on any atom is 0.427 e. The summed E-state index contributed by atoms with van der Waals surface area (Å²) in [5, 5.41) is 0. The van der Waals surface area contributed by atoms with E-state index in [1.807, 2.05) is 0 Å². The number of carbonyl (C=O) groups is 1. The summed E-state index contributed by atoms with van der Waals surface area (Å²) in [7, 11) is 0. The van der Waals surface area contributed by atoms with Gasteiger partial charge >= 0.3 is 5.76 Å². The van der Waals surface area contributed by atoms with Crippen LogP contribution < -0.4 is 17.0 Å². The van der Waals surface area contributed by atoms with Gasteiger partial charge in [-0.1, -0.05) is 0 Å². The van der Waals surface area contributed by atoms with E-state index in [1.165, 1.54) is 12.1 Å². The molecule has 0 fully saturated rings. The smallest absolute Gasteiger partial charge is 0.407 e. The number of aromatic amines is 1. The summed E-state index contributed by atoms with van der Waals surface area (Å²) >= 11 is 0. The molecule has 20 heavy (non-hydrogen) atoms. The Morgan fingerprint density at radius 2 is 2.15 bits per heavy atom. The largest absolute Gasteiger partial charge is 0.427 e. The minimum Gasteiger partial charge on any atom is -0.407 e. The van der Waals surface area contributed by atoms with Crippen molar-refractivity contribution in [2.45, 2.75) is 0 Å². The van der Waals surface area contributed by atoms with Gasteiger partial charge < -0.3 is 15.1 Å².